The van der Waals surface area contributed by atoms with E-state index in [1.54, 1.807) is 0 Å². The van der Waals surface area contributed by atoms with E-state index in [4.69, 9.17) is 0 Å². The van der Waals surface area contributed by atoms with E-state index < -0.39 is 5.60 Å². The second-order valence-electron chi connectivity index (χ2n) is 11.9. The molecular formula is C27H47N2O2+. The number of fused-ring (bicyclic) bond motifs is 5. The Kier molecular flexibility index (Phi) is 5.91. The van der Waals surface area contributed by atoms with E-state index in [0.29, 0.717) is 30.1 Å². The van der Waals surface area contributed by atoms with Gasteiger partial charge < -0.3 is 14.5 Å². The summed E-state index contributed by atoms with van der Waals surface area (Å²) in [6, 6.07) is 0. The number of carbonyl (C=O) groups is 1. The standard InChI is InChI=1S/C27H47N2O2/c1-7-29(8-2,9-3)19-18-28-23-11-10-20-21(25(23,4)15-14-24(28)30)12-16-26(5)22(20)13-17-27(26,6)31/h11,20-22,31H,7-10,12-19H2,1-6H3/q+1. The van der Waals surface area contributed by atoms with Crippen LogP contribution >= 0.6 is 0 Å². The lowest BCUT2D eigenvalue weighted by Crippen LogP contribution is -2.58. The minimum absolute atomic E-state index is 0.0561. The minimum atomic E-state index is -0.524. The molecule has 0 radical (unpaired) electrons. The number of piperidine rings is 1. The first-order valence-corrected chi connectivity index (χ1v) is 13.2. The number of hydrogen-bond acceptors (Lipinski definition) is 2. The zero-order valence-electron chi connectivity index (χ0n) is 21.0. The molecule has 6 unspecified atom stereocenters. The van der Waals surface area contributed by atoms with Crippen LogP contribution < -0.4 is 0 Å². The van der Waals surface area contributed by atoms with E-state index in [9.17, 15) is 9.90 Å². The van der Waals surface area contributed by atoms with Crippen LogP contribution in [0.4, 0.5) is 0 Å². The first-order valence-electron chi connectivity index (χ1n) is 13.2. The third-order valence-electron chi connectivity index (χ3n) is 11.2. The normalized spacial score (nSPS) is 42.7. The summed E-state index contributed by atoms with van der Waals surface area (Å²) in [5.74, 6) is 2.27. The fourth-order valence-corrected chi connectivity index (χ4v) is 8.39. The Bertz CT molecular complexity index is 731. The van der Waals surface area contributed by atoms with Crippen LogP contribution in [0.5, 0.6) is 0 Å². The molecule has 3 fully saturated rings. The topological polar surface area (TPSA) is 40.5 Å². The number of hydrogen-bond donors (Lipinski definition) is 1. The molecule has 4 heteroatoms. The summed E-state index contributed by atoms with van der Waals surface area (Å²) < 4.78 is 1.09. The smallest absolute Gasteiger partial charge is 0.226 e. The van der Waals surface area contributed by atoms with Crippen molar-refractivity contribution in [1.82, 2.24) is 4.90 Å². The highest BCUT2D eigenvalue weighted by Crippen LogP contribution is 2.66. The summed E-state index contributed by atoms with van der Waals surface area (Å²) in [5, 5.41) is 11.2. The lowest BCUT2D eigenvalue weighted by atomic mass is 9.48. The molecule has 4 rings (SSSR count). The molecule has 1 amide bonds. The maximum absolute atomic E-state index is 13.1. The lowest BCUT2D eigenvalue weighted by molar-refractivity contribution is -0.922. The van der Waals surface area contributed by atoms with Crippen LogP contribution in [0, 0.1) is 28.6 Å². The predicted molar refractivity (Wildman–Crippen MR) is 126 cm³/mol. The maximum Gasteiger partial charge on any atom is 0.226 e. The molecule has 1 saturated heterocycles. The molecule has 3 aliphatic carbocycles. The third kappa shape index (κ3) is 3.34. The quantitative estimate of drug-likeness (QED) is 0.603. The zero-order valence-corrected chi connectivity index (χ0v) is 21.0. The second kappa shape index (κ2) is 7.87. The molecular weight excluding hydrogens is 384 g/mol. The van der Waals surface area contributed by atoms with Gasteiger partial charge in [0.25, 0.3) is 0 Å². The first kappa shape index (κ1) is 23.3. The molecule has 4 nitrogen and oxygen atoms in total. The fourth-order valence-electron chi connectivity index (χ4n) is 8.39. The number of likely N-dealkylation sites (N-methyl/N-ethyl adjacent to an activating group) is 1. The number of nitrogens with zero attached hydrogens (tertiary/aromatic N) is 2. The maximum atomic E-state index is 13.1. The van der Waals surface area contributed by atoms with Crippen LogP contribution in [0.1, 0.15) is 86.5 Å². The largest absolute Gasteiger partial charge is 0.390 e. The van der Waals surface area contributed by atoms with Crippen LogP contribution in [-0.4, -0.2) is 58.7 Å². The van der Waals surface area contributed by atoms with Gasteiger partial charge in [-0.1, -0.05) is 19.9 Å². The molecule has 176 valence electrons. The molecule has 31 heavy (non-hydrogen) atoms. The molecule has 0 aromatic heterocycles. The van der Waals surface area contributed by atoms with Crippen molar-refractivity contribution in [3.8, 4) is 0 Å². The molecule has 2 saturated carbocycles. The van der Waals surface area contributed by atoms with E-state index in [1.165, 1.54) is 12.1 Å². The van der Waals surface area contributed by atoms with Crippen molar-refractivity contribution >= 4 is 5.91 Å². The van der Waals surface area contributed by atoms with Crippen molar-refractivity contribution in [2.24, 2.45) is 28.6 Å². The number of aliphatic hydroxyl groups is 1. The van der Waals surface area contributed by atoms with Crippen molar-refractivity contribution in [3.63, 3.8) is 0 Å². The van der Waals surface area contributed by atoms with Crippen molar-refractivity contribution in [3.05, 3.63) is 11.8 Å². The summed E-state index contributed by atoms with van der Waals surface area (Å²) >= 11 is 0. The van der Waals surface area contributed by atoms with E-state index in [1.807, 2.05) is 0 Å². The molecule has 0 aromatic carbocycles. The van der Waals surface area contributed by atoms with Gasteiger partial charge >= 0.3 is 0 Å². The molecule has 0 spiro atoms. The summed E-state index contributed by atoms with van der Waals surface area (Å²) in [4.78, 5) is 15.3. The van der Waals surface area contributed by atoms with Gasteiger partial charge in [0.2, 0.25) is 5.91 Å². The Balaban J connectivity index is 1.61. The van der Waals surface area contributed by atoms with Gasteiger partial charge in [0.15, 0.2) is 0 Å². The van der Waals surface area contributed by atoms with Crippen molar-refractivity contribution < 1.29 is 14.4 Å². The SMILES string of the molecule is CC[N+](CC)(CC)CCN1C(=O)CCC2(C)C1=CCC1C2CCC2(C)C1CCC2(C)O. The Morgan fingerprint density at radius 1 is 1.03 bits per heavy atom. The Morgan fingerprint density at radius 2 is 1.68 bits per heavy atom. The van der Waals surface area contributed by atoms with Gasteiger partial charge in [-0.15, -0.1) is 0 Å². The Hall–Kier alpha value is -0.870. The molecule has 1 aliphatic heterocycles. The molecule has 4 aliphatic rings. The summed E-state index contributed by atoms with van der Waals surface area (Å²) in [6.45, 7) is 19.1. The second-order valence-corrected chi connectivity index (χ2v) is 11.9. The van der Waals surface area contributed by atoms with Crippen molar-refractivity contribution in [2.45, 2.75) is 92.1 Å². The van der Waals surface area contributed by atoms with E-state index >= 15 is 0 Å². The van der Waals surface area contributed by atoms with Crippen molar-refractivity contribution in [2.75, 3.05) is 32.7 Å². The molecule has 0 aromatic rings. The van der Waals surface area contributed by atoms with Gasteiger partial charge in [-0.05, 0) is 89.4 Å². The van der Waals surface area contributed by atoms with Crippen LogP contribution in [0.3, 0.4) is 0 Å². The van der Waals surface area contributed by atoms with Crippen LogP contribution in [0.25, 0.3) is 0 Å². The Labute approximate surface area is 190 Å². The molecule has 1 N–H and O–H groups in total. The molecule has 6 atom stereocenters. The third-order valence-corrected chi connectivity index (χ3v) is 11.2. The first-order chi connectivity index (χ1) is 14.6. The average molecular weight is 432 g/mol. The van der Waals surface area contributed by atoms with Gasteiger partial charge in [0, 0.05) is 17.5 Å². The highest BCUT2D eigenvalue weighted by Gasteiger charge is 2.62. The summed E-state index contributed by atoms with van der Waals surface area (Å²) in [7, 11) is 0. The number of likely N-dealkylation sites (tertiary alicyclic amines) is 1. The monoisotopic (exact) mass is 431 g/mol. The number of quaternary nitrogens is 1. The van der Waals surface area contributed by atoms with E-state index in [2.05, 4.69) is 52.5 Å². The van der Waals surface area contributed by atoms with Gasteiger partial charge in [-0.25, -0.2) is 0 Å². The number of allylic oxidation sites excluding steroid dienone is 2. The zero-order chi connectivity index (χ0) is 22.7. The Morgan fingerprint density at radius 3 is 2.32 bits per heavy atom. The van der Waals surface area contributed by atoms with Gasteiger partial charge in [0.1, 0.15) is 0 Å². The van der Waals surface area contributed by atoms with Gasteiger partial charge in [0.05, 0.1) is 38.3 Å². The minimum Gasteiger partial charge on any atom is -0.390 e. The summed E-state index contributed by atoms with van der Waals surface area (Å²) in [5.41, 5.74) is 0.997. The summed E-state index contributed by atoms with van der Waals surface area (Å²) in [6.07, 6.45) is 9.68. The number of carbonyl (C=O) groups excluding carboxylic acids is 1. The molecule has 0 bridgehead atoms. The van der Waals surface area contributed by atoms with Crippen LogP contribution in [0.2, 0.25) is 0 Å². The highest BCUT2D eigenvalue weighted by atomic mass is 16.3. The van der Waals surface area contributed by atoms with Crippen LogP contribution in [-0.2, 0) is 4.79 Å². The fraction of sp³-hybridized carbons (Fsp3) is 0.889. The van der Waals surface area contributed by atoms with E-state index in [-0.39, 0.29) is 10.8 Å². The van der Waals surface area contributed by atoms with E-state index in [0.717, 1.165) is 69.3 Å². The highest BCUT2D eigenvalue weighted by molar-refractivity contribution is 5.80. The predicted octanol–water partition coefficient (Wildman–Crippen LogP) is 4.97. The number of amides is 1. The van der Waals surface area contributed by atoms with Crippen LogP contribution in [0.15, 0.2) is 11.8 Å². The van der Waals surface area contributed by atoms with Gasteiger partial charge in [-0.3, -0.25) is 4.79 Å². The number of rotatable bonds is 6. The lowest BCUT2D eigenvalue weighted by Gasteiger charge is -2.59. The van der Waals surface area contributed by atoms with Gasteiger partial charge in [-0.2, -0.15) is 0 Å². The molecule has 1 heterocycles. The average Bonchev–Trinajstić information content (AvgIpc) is 3.00. The van der Waals surface area contributed by atoms with Crippen molar-refractivity contribution in [1.29, 1.82) is 0 Å².